The van der Waals surface area contributed by atoms with Gasteiger partial charge in [0, 0.05) is 5.02 Å². The van der Waals surface area contributed by atoms with Crippen molar-refractivity contribution in [3.8, 4) is 0 Å². The van der Waals surface area contributed by atoms with E-state index in [9.17, 15) is 24.6 Å². The van der Waals surface area contributed by atoms with E-state index in [1.54, 1.807) is 24.3 Å². The van der Waals surface area contributed by atoms with Gasteiger partial charge in [-0.1, -0.05) is 23.7 Å². The molecule has 0 saturated heterocycles. The number of nitrogens with zero attached hydrogens (tertiary/aromatic N) is 2. The fraction of sp³-hybridized carbons (Fsp3) is 0.111. The van der Waals surface area contributed by atoms with Gasteiger partial charge in [-0.15, -0.1) is 0 Å². The molecule has 2 aromatic rings. The molecule has 2 unspecified atom stereocenters. The summed E-state index contributed by atoms with van der Waals surface area (Å²) in [6.07, 6.45) is 0. The number of carboxylic acid groups (broad SMARTS) is 3. The Hall–Kier alpha value is -3.39. The highest BCUT2D eigenvalue weighted by Crippen LogP contribution is 2.32. The number of benzene rings is 2. The molecule has 0 amide bonds. The maximum Gasteiger partial charge on any atom is 0.335 e. The van der Waals surface area contributed by atoms with Crippen molar-refractivity contribution in [2.45, 2.75) is 6.04 Å². The lowest BCUT2D eigenvalue weighted by Gasteiger charge is -2.22. The largest absolute Gasteiger partial charge is 0.481 e. The first-order valence-electron chi connectivity index (χ1n) is 7.72. The monoisotopic (exact) mass is 388 g/mol. The Morgan fingerprint density at radius 1 is 0.889 bits per heavy atom. The lowest BCUT2D eigenvalue weighted by atomic mass is 9.91. The molecular formula is C18H13ClN2O6. The minimum absolute atomic E-state index is 0.0153. The zero-order chi connectivity index (χ0) is 19.7. The van der Waals surface area contributed by atoms with E-state index in [1.807, 2.05) is 0 Å². The van der Waals surface area contributed by atoms with Crippen molar-refractivity contribution >= 4 is 40.9 Å². The highest BCUT2D eigenvalue weighted by atomic mass is 35.5. The van der Waals surface area contributed by atoms with E-state index in [-0.39, 0.29) is 17.0 Å². The maximum absolute atomic E-state index is 11.8. The Morgan fingerprint density at radius 3 is 1.96 bits per heavy atom. The molecule has 1 aliphatic rings. The number of aliphatic carboxylic acids is 2. The molecule has 1 aliphatic heterocycles. The highest BCUT2D eigenvalue weighted by molar-refractivity contribution is 6.30. The molecule has 0 aromatic heterocycles. The SMILES string of the molecule is O=C(O)c1ccc(N2N=C(c3ccc(Cl)cc3)C(C(=O)O)C2C(=O)O)cc1. The van der Waals surface area contributed by atoms with Gasteiger partial charge in [0.2, 0.25) is 0 Å². The minimum atomic E-state index is -1.48. The lowest BCUT2D eigenvalue weighted by Crippen LogP contribution is -2.44. The molecule has 2 atom stereocenters. The number of hydrazone groups is 1. The van der Waals surface area contributed by atoms with E-state index >= 15 is 0 Å². The third-order valence-corrected chi connectivity index (χ3v) is 4.38. The Labute approximate surface area is 157 Å². The topological polar surface area (TPSA) is 128 Å². The Kier molecular flexibility index (Phi) is 4.83. The van der Waals surface area contributed by atoms with Gasteiger partial charge in [-0.2, -0.15) is 5.10 Å². The highest BCUT2D eigenvalue weighted by Gasteiger charge is 2.47. The molecule has 1 heterocycles. The van der Waals surface area contributed by atoms with Gasteiger partial charge < -0.3 is 15.3 Å². The molecule has 0 aliphatic carbocycles. The Balaban J connectivity index is 2.09. The third-order valence-electron chi connectivity index (χ3n) is 4.13. The normalized spacial score (nSPS) is 18.9. The Morgan fingerprint density at radius 2 is 1.48 bits per heavy atom. The van der Waals surface area contributed by atoms with Crippen LogP contribution in [0.1, 0.15) is 15.9 Å². The number of hydrogen-bond acceptors (Lipinski definition) is 5. The van der Waals surface area contributed by atoms with Crippen molar-refractivity contribution in [3.05, 3.63) is 64.7 Å². The van der Waals surface area contributed by atoms with Crippen LogP contribution in [0.15, 0.2) is 53.6 Å². The van der Waals surface area contributed by atoms with Crippen molar-refractivity contribution in [1.82, 2.24) is 0 Å². The summed E-state index contributed by atoms with van der Waals surface area (Å²) in [5.74, 6) is -5.24. The number of carbonyl (C=O) groups is 3. The van der Waals surface area contributed by atoms with Crippen LogP contribution >= 0.6 is 11.6 Å². The van der Waals surface area contributed by atoms with Crippen molar-refractivity contribution in [1.29, 1.82) is 0 Å². The van der Waals surface area contributed by atoms with Gasteiger partial charge in [0.15, 0.2) is 6.04 Å². The molecule has 0 spiro atoms. The number of carboxylic acids is 3. The van der Waals surface area contributed by atoms with Crippen LogP contribution in [-0.4, -0.2) is 45.0 Å². The summed E-state index contributed by atoms with van der Waals surface area (Å²) in [4.78, 5) is 34.6. The molecule has 0 saturated carbocycles. The summed E-state index contributed by atoms with van der Waals surface area (Å²) in [5, 5.41) is 34.0. The summed E-state index contributed by atoms with van der Waals surface area (Å²) in [6, 6.07) is 10.1. The molecule has 27 heavy (non-hydrogen) atoms. The number of rotatable bonds is 5. The number of hydrogen-bond donors (Lipinski definition) is 3. The van der Waals surface area contributed by atoms with Gasteiger partial charge >= 0.3 is 17.9 Å². The molecule has 138 valence electrons. The first-order valence-corrected chi connectivity index (χ1v) is 8.10. The lowest BCUT2D eigenvalue weighted by molar-refractivity contribution is -0.147. The van der Waals surface area contributed by atoms with Crippen LogP contribution in [0.2, 0.25) is 5.02 Å². The standard InChI is InChI=1S/C18H13ClN2O6/c19-11-5-1-9(2-6-11)14-13(17(24)25)15(18(26)27)21(20-14)12-7-3-10(4-8-12)16(22)23/h1-8,13,15H,(H,22,23)(H,24,25)(H,26,27). The molecular weight excluding hydrogens is 376 g/mol. The smallest absolute Gasteiger partial charge is 0.335 e. The first kappa shape index (κ1) is 18.4. The predicted octanol–water partition coefficient (Wildman–Crippen LogP) is 2.42. The van der Waals surface area contributed by atoms with Gasteiger partial charge in [0.1, 0.15) is 5.92 Å². The van der Waals surface area contributed by atoms with E-state index in [0.29, 0.717) is 10.6 Å². The summed E-state index contributed by atoms with van der Waals surface area (Å²) in [5.41, 5.74) is 0.792. The van der Waals surface area contributed by atoms with Gasteiger partial charge in [0.05, 0.1) is 17.0 Å². The fourth-order valence-corrected chi connectivity index (χ4v) is 2.99. The van der Waals surface area contributed by atoms with Crippen LogP contribution in [-0.2, 0) is 9.59 Å². The van der Waals surface area contributed by atoms with Crippen LogP contribution in [0.25, 0.3) is 0 Å². The second kappa shape index (κ2) is 7.08. The van der Waals surface area contributed by atoms with Crippen LogP contribution in [0.4, 0.5) is 5.69 Å². The van der Waals surface area contributed by atoms with Crippen LogP contribution in [0.5, 0.6) is 0 Å². The predicted molar refractivity (Wildman–Crippen MR) is 96.4 cm³/mol. The molecule has 8 nitrogen and oxygen atoms in total. The minimum Gasteiger partial charge on any atom is -0.481 e. The van der Waals surface area contributed by atoms with Gasteiger partial charge in [-0.3, -0.25) is 4.79 Å². The van der Waals surface area contributed by atoms with Crippen molar-refractivity contribution < 1.29 is 29.7 Å². The van der Waals surface area contributed by atoms with E-state index in [4.69, 9.17) is 16.7 Å². The summed E-state index contributed by atoms with van der Waals surface area (Å²) in [7, 11) is 0. The van der Waals surface area contributed by atoms with Crippen LogP contribution in [0, 0.1) is 5.92 Å². The molecule has 3 N–H and O–H groups in total. The quantitative estimate of drug-likeness (QED) is 0.717. The van der Waals surface area contributed by atoms with Crippen molar-refractivity contribution in [2.24, 2.45) is 11.0 Å². The number of halogens is 1. The van der Waals surface area contributed by atoms with Gasteiger partial charge in [0.25, 0.3) is 0 Å². The number of anilines is 1. The molecule has 3 rings (SSSR count). The Bertz CT molecular complexity index is 939. The maximum atomic E-state index is 11.8. The molecule has 2 aromatic carbocycles. The molecule has 0 radical (unpaired) electrons. The van der Waals surface area contributed by atoms with E-state index < -0.39 is 29.9 Å². The molecule has 9 heteroatoms. The average molecular weight is 389 g/mol. The van der Waals surface area contributed by atoms with Crippen molar-refractivity contribution in [2.75, 3.05) is 5.01 Å². The number of aromatic carboxylic acids is 1. The van der Waals surface area contributed by atoms with E-state index in [2.05, 4.69) is 5.10 Å². The summed E-state index contributed by atoms with van der Waals surface area (Å²) in [6.45, 7) is 0. The van der Waals surface area contributed by atoms with E-state index in [1.165, 1.54) is 24.3 Å². The second-order valence-corrected chi connectivity index (χ2v) is 6.22. The van der Waals surface area contributed by atoms with Crippen molar-refractivity contribution in [3.63, 3.8) is 0 Å². The van der Waals surface area contributed by atoms with Gasteiger partial charge in [-0.25, -0.2) is 14.6 Å². The van der Waals surface area contributed by atoms with Gasteiger partial charge in [-0.05, 0) is 42.0 Å². The van der Waals surface area contributed by atoms with Crippen LogP contribution < -0.4 is 5.01 Å². The summed E-state index contributed by atoms with van der Waals surface area (Å²) >= 11 is 5.85. The third kappa shape index (κ3) is 3.47. The van der Waals surface area contributed by atoms with E-state index in [0.717, 1.165) is 5.01 Å². The zero-order valence-electron chi connectivity index (χ0n) is 13.6. The molecule has 0 bridgehead atoms. The van der Waals surface area contributed by atoms with Crippen LogP contribution in [0.3, 0.4) is 0 Å². The zero-order valence-corrected chi connectivity index (χ0v) is 14.4. The fourth-order valence-electron chi connectivity index (χ4n) is 2.86. The first-order chi connectivity index (χ1) is 12.8. The second-order valence-electron chi connectivity index (χ2n) is 5.79. The average Bonchev–Trinajstić information content (AvgIpc) is 3.03. The molecule has 0 fully saturated rings. The summed E-state index contributed by atoms with van der Waals surface area (Å²) < 4.78 is 0.